The van der Waals surface area contributed by atoms with Crippen molar-refractivity contribution in [2.24, 2.45) is 16.4 Å². The van der Waals surface area contributed by atoms with Gasteiger partial charge in [0.05, 0.1) is 6.04 Å². The SMILES string of the molecule is C[C@H]1[C@@H](F)[C@H](n2ccc(=O)[nH]c2=O)C[C@@]1(CO)CN=[N+]=[N-]. The van der Waals surface area contributed by atoms with Crippen LogP contribution in [0.3, 0.4) is 0 Å². The molecule has 0 unspecified atom stereocenters. The van der Waals surface area contributed by atoms with E-state index < -0.39 is 34.8 Å². The average Bonchev–Trinajstić information content (AvgIpc) is 2.71. The topological polar surface area (TPSA) is 124 Å². The van der Waals surface area contributed by atoms with Gasteiger partial charge < -0.3 is 5.11 Å². The molecule has 1 aliphatic rings. The van der Waals surface area contributed by atoms with Crippen LogP contribution in [0.5, 0.6) is 0 Å². The molecule has 0 amide bonds. The molecule has 0 saturated heterocycles. The fourth-order valence-corrected chi connectivity index (χ4v) is 2.97. The monoisotopic (exact) mass is 297 g/mol. The number of nitrogens with one attached hydrogen (secondary N) is 1. The zero-order chi connectivity index (χ0) is 15.6. The van der Waals surface area contributed by atoms with Gasteiger partial charge in [-0.3, -0.25) is 14.3 Å². The molecular formula is C12H16FN5O3. The van der Waals surface area contributed by atoms with Gasteiger partial charge in [-0.2, -0.15) is 0 Å². The molecule has 0 bridgehead atoms. The maximum absolute atomic E-state index is 14.6. The standard InChI is InChI=1S/C12H16FN5O3/c1-7-10(13)8(4-12(7,6-19)5-15-17-14)18-3-2-9(20)16-11(18)21/h2-3,7-8,10,19H,4-6H2,1H3,(H,16,20,21)/t7-,8+,10+,12-/m0/s1. The summed E-state index contributed by atoms with van der Waals surface area (Å²) in [6.07, 6.45) is -0.00203. The first-order chi connectivity index (χ1) is 9.95. The highest BCUT2D eigenvalue weighted by Gasteiger charge is 2.52. The third-order valence-corrected chi connectivity index (χ3v) is 4.40. The molecule has 0 radical (unpaired) electrons. The molecule has 0 spiro atoms. The summed E-state index contributed by atoms with van der Waals surface area (Å²) < 4.78 is 15.7. The molecule has 1 aliphatic carbocycles. The molecular weight excluding hydrogens is 281 g/mol. The van der Waals surface area contributed by atoms with Crippen LogP contribution in [-0.2, 0) is 0 Å². The minimum Gasteiger partial charge on any atom is -0.396 e. The summed E-state index contributed by atoms with van der Waals surface area (Å²) >= 11 is 0. The lowest BCUT2D eigenvalue weighted by atomic mass is 9.79. The first-order valence-corrected chi connectivity index (χ1v) is 6.52. The number of alkyl halides is 1. The number of halogens is 1. The highest BCUT2D eigenvalue weighted by atomic mass is 19.1. The van der Waals surface area contributed by atoms with Gasteiger partial charge in [-0.05, 0) is 17.9 Å². The van der Waals surface area contributed by atoms with E-state index in [0.29, 0.717) is 0 Å². The van der Waals surface area contributed by atoms with E-state index in [4.69, 9.17) is 5.53 Å². The Hall–Kier alpha value is -2.12. The van der Waals surface area contributed by atoms with Crippen LogP contribution in [0.25, 0.3) is 10.4 Å². The van der Waals surface area contributed by atoms with E-state index in [2.05, 4.69) is 15.0 Å². The third-order valence-electron chi connectivity index (χ3n) is 4.40. The van der Waals surface area contributed by atoms with Crippen LogP contribution in [0.4, 0.5) is 4.39 Å². The van der Waals surface area contributed by atoms with Crippen molar-refractivity contribution in [2.45, 2.75) is 25.6 Å². The van der Waals surface area contributed by atoms with Crippen LogP contribution in [0.2, 0.25) is 0 Å². The quantitative estimate of drug-likeness (QED) is 0.484. The number of aromatic nitrogens is 2. The summed E-state index contributed by atoms with van der Waals surface area (Å²) in [5.74, 6) is -0.586. The Kier molecular flexibility index (Phi) is 4.15. The van der Waals surface area contributed by atoms with Crippen LogP contribution in [0.15, 0.2) is 27.0 Å². The maximum atomic E-state index is 14.6. The summed E-state index contributed by atoms with van der Waals surface area (Å²) in [6.45, 7) is 1.23. The lowest BCUT2D eigenvalue weighted by Gasteiger charge is -2.29. The number of aliphatic hydroxyl groups excluding tert-OH is 1. The molecule has 2 N–H and O–H groups in total. The molecule has 0 aromatic carbocycles. The van der Waals surface area contributed by atoms with E-state index in [0.717, 1.165) is 10.6 Å². The average molecular weight is 297 g/mol. The molecule has 1 aromatic rings. The van der Waals surface area contributed by atoms with Crippen LogP contribution in [0, 0.1) is 11.3 Å². The van der Waals surface area contributed by atoms with Crippen LogP contribution in [-0.4, -0.2) is 34.0 Å². The molecule has 1 fully saturated rings. The van der Waals surface area contributed by atoms with Crippen molar-refractivity contribution < 1.29 is 9.50 Å². The lowest BCUT2D eigenvalue weighted by Crippen LogP contribution is -2.34. The smallest absolute Gasteiger partial charge is 0.328 e. The fraction of sp³-hybridized carbons (Fsp3) is 0.667. The summed E-state index contributed by atoms with van der Waals surface area (Å²) in [5.41, 5.74) is 6.27. The number of hydrogen-bond donors (Lipinski definition) is 2. The minimum atomic E-state index is -1.39. The minimum absolute atomic E-state index is 0.0454. The van der Waals surface area contributed by atoms with Crippen molar-refractivity contribution in [3.8, 4) is 0 Å². The van der Waals surface area contributed by atoms with Crippen LogP contribution < -0.4 is 11.2 Å². The third kappa shape index (κ3) is 2.57. The Labute approximate surface area is 118 Å². The van der Waals surface area contributed by atoms with Gasteiger partial charge in [0.25, 0.3) is 5.56 Å². The van der Waals surface area contributed by atoms with Crippen LogP contribution >= 0.6 is 0 Å². The molecule has 4 atom stereocenters. The number of hydrogen-bond acceptors (Lipinski definition) is 4. The second kappa shape index (κ2) is 5.71. The molecule has 2 rings (SSSR count). The molecule has 1 saturated carbocycles. The van der Waals surface area contributed by atoms with Gasteiger partial charge in [0.2, 0.25) is 0 Å². The predicted molar refractivity (Wildman–Crippen MR) is 72.6 cm³/mol. The van der Waals surface area contributed by atoms with Crippen LogP contribution in [0.1, 0.15) is 19.4 Å². The molecule has 21 heavy (non-hydrogen) atoms. The van der Waals surface area contributed by atoms with Crippen molar-refractivity contribution in [2.75, 3.05) is 13.2 Å². The van der Waals surface area contributed by atoms with E-state index in [9.17, 15) is 19.1 Å². The highest BCUT2D eigenvalue weighted by molar-refractivity contribution is 5.04. The number of rotatable bonds is 4. The van der Waals surface area contributed by atoms with E-state index in [1.807, 2.05) is 0 Å². The number of aliphatic hydroxyl groups is 1. The molecule has 8 nitrogen and oxygen atoms in total. The Morgan fingerprint density at radius 3 is 2.95 bits per heavy atom. The molecule has 0 aliphatic heterocycles. The predicted octanol–water partition coefficient (Wildman–Crippen LogP) is 0.745. The van der Waals surface area contributed by atoms with Gasteiger partial charge in [0.1, 0.15) is 6.17 Å². The van der Waals surface area contributed by atoms with Gasteiger partial charge in [-0.25, -0.2) is 9.18 Å². The Balaban J connectivity index is 2.41. The molecule has 9 heteroatoms. The fourth-order valence-electron chi connectivity index (χ4n) is 2.97. The number of nitrogens with zero attached hydrogens (tertiary/aromatic N) is 4. The lowest BCUT2D eigenvalue weighted by molar-refractivity contribution is 0.0788. The second-order valence-corrected chi connectivity index (χ2v) is 5.43. The normalized spacial score (nSPS) is 31.9. The number of H-pyrrole nitrogens is 1. The van der Waals surface area contributed by atoms with E-state index >= 15 is 0 Å². The second-order valence-electron chi connectivity index (χ2n) is 5.43. The van der Waals surface area contributed by atoms with Crippen molar-refractivity contribution in [1.82, 2.24) is 9.55 Å². The first-order valence-electron chi connectivity index (χ1n) is 6.52. The highest BCUT2D eigenvalue weighted by Crippen LogP contribution is 2.49. The Morgan fingerprint density at radius 1 is 1.67 bits per heavy atom. The summed E-state index contributed by atoms with van der Waals surface area (Å²) in [5, 5.41) is 13.1. The van der Waals surface area contributed by atoms with Gasteiger partial charge in [-0.1, -0.05) is 12.0 Å². The summed E-state index contributed by atoms with van der Waals surface area (Å²) in [7, 11) is 0. The largest absolute Gasteiger partial charge is 0.396 e. The van der Waals surface area contributed by atoms with E-state index in [1.54, 1.807) is 6.92 Å². The van der Waals surface area contributed by atoms with E-state index in [1.165, 1.54) is 6.20 Å². The maximum Gasteiger partial charge on any atom is 0.328 e. The van der Waals surface area contributed by atoms with Crippen molar-refractivity contribution in [3.63, 3.8) is 0 Å². The molecule has 1 aromatic heterocycles. The van der Waals surface area contributed by atoms with Gasteiger partial charge in [0.15, 0.2) is 0 Å². The van der Waals surface area contributed by atoms with Crippen molar-refractivity contribution in [3.05, 3.63) is 43.5 Å². The summed E-state index contributed by atoms with van der Waals surface area (Å²) in [4.78, 5) is 27.6. The first kappa shape index (κ1) is 15.3. The van der Waals surface area contributed by atoms with Crippen molar-refractivity contribution >= 4 is 0 Å². The van der Waals surface area contributed by atoms with Crippen molar-refractivity contribution in [1.29, 1.82) is 0 Å². The molecule has 1 heterocycles. The van der Waals surface area contributed by atoms with E-state index in [-0.39, 0.29) is 19.6 Å². The zero-order valence-electron chi connectivity index (χ0n) is 11.4. The molecule has 114 valence electrons. The summed E-state index contributed by atoms with van der Waals surface area (Å²) in [6, 6.07) is 0.330. The zero-order valence-corrected chi connectivity index (χ0v) is 11.4. The number of azide groups is 1. The van der Waals surface area contributed by atoms with Gasteiger partial charge in [0, 0.05) is 35.7 Å². The Morgan fingerprint density at radius 2 is 2.38 bits per heavy atom. The van der Waals surface area contributed by atoms with Gasteiger partial charge in [-0.15, -0.1) is 0 Å². The number of aromatic amines is 1. The Bertz CT molecular complexity index is 680. The van der Waals surface area contributed by atoms with Gasteiger partial charge >= 0.3 is 5.69 Å².